The van der Waals surface area contributed by atoms with Crippen molar-refractivity contribution in [2.45, 2.75) is 26.7 Å². The summed E-state index contributed by atoms with van der Waals surface area (Å²) in [6.07, 6.45) is 2.14. The van der Waals surface area contributed by atoms with Crippen LogP contribution >= 0.6 is 0 Å². The van der Waals surface area contributed by atoms with Crippen molar-refractivity contribution in [3.05, 3.63) is 5.82 Å². The maximum atomic E-state index is 11.9. The molecule has 0 atom stereocenters. The second kappa shape index (κ2) is 4.59. The Morgan fingerprint density at radius 1 is 1.44 bits per heavy atom. The zero-order valence-corrected chi connectivity index (χ0v) is 9.68. The van der Waals surface area contributed by atoms with Crippen molar-refractivity contribution in [1.82, 2.24) is 25.5 Å². The van der Waals surface area contributed by atoms with Gasteiger partial charge in [-0.15, -0.1) is 10.2 Å². The first-order valence-electron chi connectivity index (χ1n) is 5.71. The highest BCUT2D eigenvalue weighted by atomic mass is 16.2. The van der Waals surface area contributed by atoms with Crippen molar-refractivity contribution < 1.29 is 4.79 Å². The largest absolute Gasteiger partial charge is 0.336 e. The van der Waals surface area contributed by atoms with Gasteiger partial charge in [0.2, 0.25) is 0 Å². The van der Waals surface area contributed by atoms with Gasteiger partial charge in [-0.1, -0.05) is 13.8 Å². The summed E-state index contributed by atoms with van der Waals surface area (Å²) in [6.45, 7) is 6.08. The molecule has 0 radical (unpaired) electrons. The zero-order chi connectivity index (χ0) is 11.5. The van der Waals surface area contributed by atoms with Gasteiger partial charge in [0.25, 0.3) is 11.7 Å². The number of aromatic nitrogens is 4. The minimum Gasteiger partial charge on any atom is -0.336 e. The van der Waals surface area contributed by atoms with Crippen molar-refractivity contribution in [2.75, 3.05) is 13.1 Å². The smallest absolute Gasteiger partial charge is 0.295 e. The maximum absolute atomic E-state index is 11.9. The van der Waals surface area contributed by atoms with E-state index in [1.54, 1.807) is 0 Å². The Bertz CT molecular complexity index is 340. The van der Waals surface area contributed by atoms with Gasteiger partial charge >= 0.3 is 0 Å². The molecular weight excluding hydrogens is 206 g/mol. The molecule has 1 aromatic heterocycles. The summed E-state index contributed by atoms with van der Waals surface area (Å²) in [7, 11) is 0. The molecule has 1 aliphatic rings. The van der Waals surface area contributed by atoms with Crippen molar-refractivity contribution >= 4 is 5.91 Å². The molecule has 1 saturated heterocycles. The molecule has 0 bridgehead atoms. The van der Waals surface area contributed by atoms with E-state index in [2.05, 4.69) is 34.5 Å². The Kier molecular flexibility index (Phi) is 3.17. The summed E-state index contributed by atoms with van der Waals surface area (Å²) in [5, 5.41) is 13.1. The molecule has 1 aliphatic heterocycles. The Hall–Kier alpha value is -1.46. The van der Waals surface area contributed by atoms with Gasteiger partial charge in [-0.2, -0.15) is 5.21 Å². The number of hydrogen-bond acceptors (Lipinski definition) is 4. The van der Waals surface area contributed by atoms with E-state index in [0.717, 1.165) is 31.8 Å². The lowest BCUT2D eigenvalue weighted by Crippen LogP contribution is -2.40. The SMILES string of the molecule is CC(C)C1CCN(C(=O)c2nn[nH]n2)CC1. The molecule has 88 valence electrons. The Morgan fingerprint density at radius 3 is 2.62 bits per heavy atom. The molecule has 6 nitrogen and oxygen atoms in total. The molecule has 0 unspecified atom stereocenters. The van der Waals surface area contributed by atoms with Crippen LogP contribution in [0.1, 0.15) is 37.3 Å². The van der Waals surface area contributed by atoms with Crippen LogP contribution in [0.3, 0.4) is 0 Å². The monoisotopic (exact) mass is 223 g/mol. The highest BCUT2D eigenvalue weighted by molar-refractivity contribution is 5.90. The van der Waals surface area contributed by atoms with Crippen LogP contribution in [-0.2, 0) is 0 Å². The fourth-order valence-electron chi connectivity index (χ4n) is 2.16. The molecule has 0 spiro atoms. The highest BCUT2D eigenvalue weighted by Gasteiger charge is 2.26. The van der Waals surface area contributed by atoms with Gasteiger partial charge in [0.1, 0.15) is 0 Å². The van der Waals surface area contributed by atoms with Crippen LogP contribution in [-0.4, -0.2) is 44.5 Å². The van der Waals surface area contributed by atoms with Gasteiger partial charge in [-0.05, 0) is 29.9 Å². The van der Waals surface area contributed by atoms with E-state index < -0.39 is 0 Å². The highest BCUT2D eigenvalue weighted by Crippen LogP contribution is 2.24. The summed E-state index contributed by atoms with van der Waals surface area (Å²) in [4.78, 5) is 13.7. The number of H-pyrrole nitrogens is 1. The fraction of sp³-hybridized carbons (Fsp3) is 0.800. The first kappa shape index (κ1) is 11.0. The van der Waals surface area contributed by atoms with Crippen LogP contribution in [0.2, 0.25) is 0 Å². The molecule has 0 saturated carbocycles. The van der Waals surface area contributed by atoms with Crippen LogP contribution in [0.4, 0.5) is 0 Å². The van der Waals surface area contributed by atoms with E-state index in [9.17, 15) is 4.79 Å². The molecule has 1 N–H and O–H groups in total. The average Bonchev–Trinajstić information content (AvgIpc) is 2.81. The summed E-state index contributed by atoms with van der Waals surface area (Å²) in [5.74, 6) is 1.48. The third kappa shape index (κ3) is 2.20. The summed E-state index contributed by atoms with van der Waals surface area (Å²) in [5.41, 5.74) is 0. The van der Waals surface area contributed by atoms with Crippen LogP contribution in [0.25, 0.3) is 0 Å². The lowest BCUT2D eigenvalue weighted by atomic mass is 9.87. The first-order chi connectivity index (χ1) is 7.68. The van der Waals surface area contributed by atoms with Gasteiger partial charge in [0, 0.05) is 13.1 Å². The zero-order valence-electron chi connectivity index (χ0n) is 9.68. The number of hydrogen-bond donors (Lipinski definition) is 1. The minimum absolute atomic E-state index is 0.115. The Labute approximate surface area is 94.4 Å². The topological polar surface area (TPSA) is 74.8 Å². The second-order valence-corrected chi connectivity index (χ2v) is 4.61. The van der Waals surface area contributed by atoms with E-state index in [1.165, 1.54) is 0 Å². The summed E-state index contributed by atoms with van der Waals surface area (Å²) >= 11 is 0. The number of nitrogens with zero attached hydrogens (tertiary/aromatic N) is 4. The lowest BCUT2D eigenvalue weighted by Gasteiger charge is -2.33. The molecule has 1 fully saturated rings. The van der Waals surface area contributed by atoms with Gasteiger partial charge in [0.15, 0.2) is 0 Å². The Balaban J connectivity index is 1.92. The van der Waals surface area contributed by atoms with Gasteiger partial charge in [0.05, 0.1) is 0 Å². The number of amides is 1. The minimum atomic E-state index is -0.115. The van der Waals surface area contributed by atoms with Crippen molar-refractivity contribution in [2.24, 2.45) is 11.8 Å². The third-order valence-electron chi connectivity index (χ3n) is 3.31. The molecule has 6 heteroatoms. The number of rotatable bonds is 2. The molecule has 1 amide bonds. The molecule has 0 aromatic carbocycles. The molecular formula is C10H17N5O. The average molecular weight is 223 g/mol. The lowest BCUT2D eigenvalue weighted by molar-refractivity contribution is 0.0655. The molecule has 0 aliphatic carbocycles. The van der Waals surface area contributed by atoms with Gasteiger partial charge in [-0.25, -0.2) is 0 Å². The molecule has 16 heavy (non-hydrogen) atoms. The second-order valence-electron chi connectivity index (χ2n) is 4.61. The number of tetrazole rings is 1. The van der Waals surface area contributed by atoms with Crippen molar-refractivity contribution in [3.8, 4) is 0 Å². The van der Waals surface area contributed by atoms with Crippen LogP contribution < -0.4 is 0 Å². The standard InChI is InChI=1S/C10H17N5O/c1-7(2)8-3-5-15(6-4-8)10(16)9-11-13-14-12-9/h7-8H,3-6H2,1-2H3,(H,11,12,13,14). The Morgan fingerprint density at radius 2 is 2.12 bits per heavy atom. The quantitative estimate of drug-likeness (QED) is 0.801. The number of likely N-dealkylation sites (tertiary alicyclic amines) is 1. The molecule has 2 heterocycles. The van der Waals surface area contributed by atoms with Crippen molar-refractivity contribution in [1.29, 1.82) is 0 Å². The van der Waals surface area contributed by atoms with E-state index in [1.807, 2.05) is 4.90 Å². The summed E-state index contributed by atoms with van der Waals surface area (Å²) < 4.78 is 0. The number of carbonyl (C=O) groups is 1. The van der Waals surface area contributed by atoms with Crippen LogP contribution in [0.5, 0.6) is 0 Å². The van der Waals surface area contributed by atoms with Crippen LogP contribution in [0, 0.1) is 11.8 Å². The normalized spacial score (nSPS) is 18.1. The predicted molar refractivity (Wildman–Crippen MR) is 57.6 cm³/mol. The first-order valence-corrected chi connectivity index (χ1v) is 5.71. The number of carbonyl (C=O) groups excluding carboxylic acids is 1. The maximum Gasteiger partial charge on any atom is 0.295 e. The number of piperidine rings is 1. The van der Waals surface area contributed by atoms with Crippen molar-refractivity contribution in [3.63, 3.8) is 0 Å². The van der Waals surface area contributed by atoms with E-state index in [-0.39, 0.29) is 11.7 Å². The number of nitrogens with one attached hydrogen (secondary N) is 1. The van der Waals surface area contributed by atoms with Crippen LogP contribution in [0.15, 0.2) is 0 Å². The fourth-order valence-corrected chi connectivity index (χ4v) is 2.16. The third-order valence-corrected chi connectivity index (χ3v) is 3.31. The van der Waals surface area contributed by atoms with E-state index >= 15 is 0 Å². The van der Waals surface area contributed by atoms with E-state index in [4.69, 9.17) is 0 Å². The van der Waals surface area contributed by atoms with Gasteiger partial charge in [-0.3, -0.25) is 4.79 Å². The van der Waals surface area contributed by atoms with Gasteiger partial charge < -0.3 is 4.90 Å². The predicted octanol–water partition coefficient (Wildman–Crippen LogP) is 0.708. The van der Waals surface area contributed by atoms with E-state index in [0.29, 0.717) is 5.92 Å². The summed E-state index contributed by atoms with van der Waals surface area (Å²) in [6, 6.07) is 0. The number of aromatic amines is 1. The molecule has 1 aromatic rings. The molecule has 2 rings (SSSR count).